The van der Waals surface area contributed by atoms with Crippen molar-refractivity contribution in [2.24, 2.45) is 0 Å². The SMILES string of the molecule is C=CCOc1ccc(C(=O)N[C@H](C)C(=O)O)cc1OC. The Morgan fingerprint density at radius 2 is 2.15 bits per heavy atom. The van der Waals surface area contributed by atoms with Gasteiger partial charge in [-0.25, -0.2) is 0 Å². The molecule has 0 bridgehead atoms. The smallest absolute Gasteiger partial charge is 0.325 e. The van der Waals surface area contributed by atoms with E-state index in [1.165, 1.54) is 26.2 Å². The zero-order valence-electron chi connectivity index (χ0n) is 11.4. The van der Waals surface area contributed by atoms with E-state index in [2.05, 4.69) is 11.9 Å². The molecule has 1 amide bonds. The van der Waals surface area contributed by atoms with Crippen LogP contribution in [0.15, 0.2) is 30.9 Å². The van der Waals surface area contributed by atoms with Gasteiger partial charge in [-0.2, -0.15) is 0 Å². The predicted octanol–water partition coefficient (Wildman–Crippen LogP) is 1.46. The molecule has 6 nitrogen and oxygen atoms in total. The zero-order chi connectivity index (χ0) is 15.1. The van der Waals surface area contributed by atoms with Crippen LogP contribution in [0.25, 0.3) is 0 Å². The first-order valence-electron chi connectivity index (χ1n) is 5.95. The van der Waals surface area contributed by atoms with Crippen molar-refractivity contribution in [3.05, 3.63) is 36.4 Å². The monoisotopic (exact) mass is 279 g/mol. The van der Waals surface area contributed by atoms with Gasteiger partial charge >= 0.3 is 5.97 Å². The third-order valence-electron chi connectivity index (χ3n) is 2.50. The normalized spacial score (nSPS) is 11.3. The largest absolute Gasteiger partial charge is 0.493 e. The van der Waals surface area contributed by atoms with Gasteiger partial charge in [-0.15, -0.1) is 0 Å². The minimum Gasteiger partial charge on any atom is -0.493 e. The lowest BCUT2D eigenvalue weighted by atomic mass is 10.1. The molecular formula is C14H17NO5. The predicted molar refractivity (Wildman–Crippen MR) is 73.3 cm³/mol. The van der Waals surface area contributed by atoms with Crippen LogP contribution in [0.4, 0.5) is 0 Å². The van der Waals surface area contributed by atoms with Crippen molar-refractivity contribution in [3.8, 4) is 11.5 Å². The van der Waals surface area contributed by atoms with Crippen LogP contribution in [0.5, 0.6) is 11.5 Å². The summed E-state index contributed by atoms with van der Waals surface area (Å²) in [5.41, 5.74) is 0.293. The number of carboxylic acids is 1. The summed E-state index contributed by atoms with van der Waals surface area (Å²) in [6.07, 6.45) is 1.59. The number of carbonyl (C=O) groups is 2. The molecular weight excluding hydrogens is 262 g/mol. The van der Waals surface area contributed by atoms with Gasteiger partial charge in [-0.1, -0.05) is 12.7 Å². The van der Waals surface area contributed by atoms with Crippen LogP contribution in [-0.4, -0.2) is 36.7 Å². The molecule has 0 aromatic heterocycles. The minimum absolute atomic E-state index is 0.293. The molecule has 2 N–H and O–H groups in total. The molecule has 0 aliphatic carbocycles. The van der Waals surface area contributed by atoms with Gasteiger partial charge in [0, 0.05) is 5.56 Å². The number of methoxy groups -OCH3 is 1. The van der Waals surface area contributed by atoms with Gasteiger partial charge in [0.1, 0.15) is 12.6 Å². The highest BCUT2D eigenvalue weighted by Gasteiger charge is 2.16. The fourth-order valence-electron chi connectivity index (χ4n) is 1.42. The first-order valence-corrected chi connectivity index (χ1v) is 5.95. The number of amides is 1. The fraction of sp³-hybridized carbons (Fsp3) is 0.286. The number of benzene rings is 1. The van der Waals surface area contributed by atoms with E-state index in [4.69, 9.17) is 14.6 Å². The topological polar surface area (TPSA) is 84.9 Å². The van der Waals surface area contributed by atoms with Crippen molar-refractivity contribution < 1.29 is 24.2 Å². The summed E-state index contributed by atoms with van der Waals surface area (Å²) in [4.78, 5) is 22.6. The van der Waals surface area contributed by atoms with Crippen LogP contribution < -0.4 is 14.8 Å². The lowest BCUT2D eigenvalue weighted by molar-refractivity contribution is -0.138. The molecule has 0 aliphatic rings. The van der Waals surface area contributed by atoms with Crippen LogP contribution in [0.2, 0.25) is 0 Å². The Kier molecular flexibility index (Phi) is 5.58. The van der Waals surface area contributed by atoms with E-state index in [1.807, 2.05) is 0 Å². The first kappa shape index (κ1) is 15.6. The molecule has 1 aromatic carbocycles. The molecule has 0 radical (unpaired) electrons. The number of aliphatic carboxylic acids is 1. The molecule has 108 valence electrons. The molecule has 0 aliphatic heterocycles. The maximum absolute atomic E-state index is 11.9. The summed E-state index contributed by atoms with van der Waals surface area (Å²) < 4.78 is 10.5. The number of carbonyl (C=O) groups excluding carboxylic acids is 1. The van der Waals surface area contributed by atoms with E-state index in [1.54, 1.807) is 12.1 Å². The van der Waals surface area contributed by atoms with E-state index in [0.29, 0.717) is 23.7 Å². The second-order valence-corrected chi connectivity index (χ2v) is 4.00. The lowest BCUT2D eigenvalue weighted by Crippen LogP contribution is -2.38. The molecule has 0 fully saturated rings. The summed E-state index contributed by atoms with van der Waals surface area (Å²) >= 11 is 0. The van der Waals surface area contributed by atoms with Crippen molar-refractivity contribution >= 4 is 11.9 Å². The van der Waals surface area contributed by atoms with Crippen molar-refractivity contribution in [1.82, 2.24) is 5.32 Å². The first-order chi connectivity index (χ1) is 9.49. The molecule has 0 heterocycles. The minimum atomic E-state index is -1.10. The van der Waals surface area contributed by atoms with Gasteiger partial charge in [-0.05, 0) is 25.1 Å². The Balaban J connectivity index is 2.88. The Morgan fingerprint density at radius 3 is 2.70 bits per heavy atom. The second kappa shape index (κ2) is 7.18. The van der Waals surface area contributed by atoms with Crippen molar-refractivity contribution in [2.75, 3.05) is 13.7 Å². The highest BCUT2D eigenvalue weighted by atomic mass is 16.5. The summed E-state index contributed by atoms with van der Waals surface area (Å²) in [5, 5.41) is 11.1. The number of hydrogen-bond acceptors (Lipinski definition) is 4. The molecule has 1 aromatic rings. The summed E-state index contributed by atoms with van der Waals surface area (Å²) in [6.45, 7) is 5.25. The van der Waals surface area contributed by atoms with Crippen LogP contribution in [0.3, 0.4) is 0 Å². The summed E-state index contributed by atoms with van der Waals surface area (Å²) in [7, 11) is 1.46. The molecule has 20 heavy (non-hydrogen) atoms. The number of hydrogen-bond donors (Lipinski definition) is 2. The van der Waals surface area contributed by atoms with Crippen LogP contribution >= 0.6 is 0 Å². The highest BCUT2D eigenvalue weighted by molar-refractivity contribution is 5.97. The maximum Gasteiger partial charge on any atom is 0.325 e. The van der Waals surface area contributed by atoms with Crippen LogP contribution in [-0.2, 0) is 4.79 Å². The summed E-state index contributed by atoms with van der Waals surface area (Å²) in [6, 6.07) is 3.64. The Bertz CT molecular complexity index is 512. The number of rotatable bonds is 7. The van der Waals surface area contributed by atoms with Gasteiger partial charge in [-0.3, -0.25) is 9.59 Å². The van der Waals surface area contributed by atoms with Gasteiger partial charge in [0.05, 0.1) is 7.11 Å². The Hall–Kier alpha value is -2.50. The molecule has 0 unspecified atom stereocenters. The third-order valence-corrected chi connectivity index (χ3v) is 2.50. The highest BCUT2D eigenvalue weighted by Crippen LogP contribution is 2.28. The average Bonchev–Trinajstić information content (AvgIpc) is 2.44. The van der Waals surface area contributed by atoms with Gasteiger partial charge in [0.15, 0.2) is 11.5 Å². The van der Waals surface area contributed by atoms with E-state index in [-0.39, 0.29) is 0 Å². The van der Waals surface area contributed by atoms with Crippen LogP contribution in [0.1, 0.15) is 17.3 Å². The van der Waals surface area contributed by atoms with Gasteiger partial charge in [0.2, 0.25) is 0 Å². The van der Waals surface area contributed by atoms with Crippen molar-refractivity contribution in [2.45, 2.75) is 13.0 Å². The van der Waals surface area contributed by atoms with Crippen molar-refractivity contribution in [1.29, 1.82) is 0 Å². The van der Waals surface area contributed by atoms with Gasteiger partial charge in [0.25, 0.3) is 5.91 Å². The Labute approximate surface area is 117 Å². The molecule has 0 saturated carbocycles. The molecule has 6 heteroatoms. The molecule has 0 spiro atoms. The van der Waals surface area contributed by atoms with Crippen molar-refractivity contribution in [3.63, 3.8) is 0 Å². The van der Waals surface area contributed by atoms with E-state index >= 15 is 0 Å². The number of ether oxygens (including phenoxy) is 2. The zero-order valence-corrected chi connectivity index (χ0v) is 11.4. The van der Waals surface area contributed by atoms with E-state index in [9.17, 15) is 9.59 Å². The van der Waals surface area contributed by atoms with E-state index in [0.717, 1.165) is 0 Å². The maximum atomic E-state index is 11.9. The summed E-state index contributed by atoms with van der Waals surface area (Å²) in [5.74, 6) is -0.720. The Morgan fingerprint density at radius 1 is 1.45 bits per heavy atom. The second-order valence-electron chi connectivity index (χ2n) is 4.00. The lowest BCUT2D eigenvalue weighted by Gasteiger charge is -2.12. The van der Waals surface area contributed by atoms with Gasteiger partial charge < -0.3 is 19.9 Å². The molecule has 0 saturated heterocycles. The van der Waals surface area contributed by atoms with E-state index < -0.39 is 17.9 Å². The van der Waals surface area contributed by atoms with Crippen LogP contribution in [0, 0.1) is 0 Å². The standard InChI is InChI=1S/C14H17NO5/c1-4-7-20-11-6-5-10(8-12(11)19-3)13(16)15-9(2)14(17)18/h4-6,8-9H,1,7H2,2-3H3,(H,15,16)(H,17,18)/t9-/m1/s1. The third kappa shape index (κ3) is 4.01. The fourth-order valence-corrected chi connectivity index (χ4v) is 1.42. The number of nitrogens with one attached hydrogen (secondary N) is 1. The molecule has 1 rings (SSSR count). The molecule has 1 atom stereocenters. The quantitative estimate of drug-likeness (QED) is 0.738. The number of carboxylic acid groups (broad SMARTS) is 1. The average molecular weight is 279 g/mol.